The maximum Gasteiger partial charge on any atom is 0.247 e. The minimum Gasteiger partial charge on any atom is -0.274 e. The highest BCUT2D eigenvalue weighted by Crippen LogP contribution is 2.29. The van der Waals surface area contributed by atoms with E-state index in [1.165, 1.54) is 36.0 Å². The van der Waals surface area contributed by atoms with Crippen LogP contribution in [-0.4, -0.2) is 22.8 Å². The molecule has 0 saturated carbocycles. The van der Waals surface area contributed by atoms with Crippen LogP contribution in [0.3, 0.4) is 0 Å². The molecule has 90 valence electrons. The number of rotatable bonds is 3. The zero-order valence-electron chi connectivity index (χ0n) is 9.35. The lowest BCUT2D eigenvalue weighted by Gasteiger charge is -2.14. The van der Waals surface area contributed by atoms with Crippen LogP contribution >= 0.6 is 11.8 Å². The van der Waals surface area contributed by atoms with E-state index in [1.54, 1.807) is 0 Å². The van der Waals surface area contributed by atoms with E-state index in [1.807, 2.05) is 6.92 Å². The van der Waals surface area contributed by atoms with Crippen molar-refractivity contribution in [2.24, 2.45) is 0 Å². The Bertz CT molecular complexity index is 446. The van der Waals surface area contributed by atoms with Gasteiger partial charge in [0.1, 0.15) is 5.82 Å². The Morgan fingerprint density at radius 2 is 2.00 bits per heavy atom. The van der Waals surface area contributed by atoms with Gasteiger partial charge in [0, 0.05) is 6.42 Å². The molecule has 1 atom stereocenters. The Morgan fingerprint density at radius 1 is 1.35 bits per heavy atom. The average molecular weight is 253 g/mol. The smallest absolute Gasteiger partial charge is 0.247 e. The minimum atomic E-state index is -0.382. The molecule has 1 aliphatic rings. The van der Waals surface area contributed by atoms with Crippen LogP contribution in [0.5, 0.6) is 0 Å². The molecule has 0 aromatic heterocycles. The van der Waals surface area contributed by atoms with E-state index in [0.29, 0.717) is 5.69 Å². The van der Waals surface area contributed by atoms with Gasteiger partial charge in [-0.15, -0.1) is 11.8 Å². The molecule has 0 bridgehead atoms. The summed E-state index contributed by atoms with van der Waals surface area (Å²) in [5.41, 5.74) is 0.445. The zero-order valence-corrected chi connectivity index (χ0v) is 10.2. The Hall–Kier alpha value is -1.36. The third-order valence-electron chi connectivity index (χ3n) is 2.56. The molecule has 1 saturated heterocycles. The fraction of sp³-hybridized carbons (Fsp3) is 0.333. The van der Waals surface area contributed by atoms with Crippen molar-refractivity contribution in [3.8, 4) is 0 Å². The van der Waals surface area contributed by atoms with Gasteiger partial charge in [0.25, 0.3) is 0 Å². The lowest BCUT2D eigenvalue weighted by atomic mass is 10.3. The number of anilines is 1. The second-order valence-corrected chi connectivity index (χ2v) is 5.17. The van der Waals surface area contributed by atoms with Gasteiger partial charge in [-0.25, -0.2) is 9.29 Å². The molecule has 0 radical (unpaired) electrons. The van der Waals surface area contributed by atoms with Crippen molar-refractivity contribution in [1.82, 2.24) is 0 Å². The van der Waals surface area contributed by atoms with Crippen molar-refractivity contribution < 1.29 is 14.0 Å². The second kappa shape index (κ2) is 4.87. The summed E-state index contributed by atoms with van der Waals surface area (Å²) in [6.45, 7) is 1.95. The van der Waals surface area contributed by atoms with E-state index in [-0.39, 0.29) is 29.3 Å². The third kappa shape index (κ3) is 2.34. The molecule has 1 aromatic rings. The molecule has 1 aromatic carbocycles. The largest absolute Gasteiger partial charge is 0.274 e. The van der Waals surface area contributed by atoms with E-state index in [4.69, 9.17) is 0 Å². The SMILES string of the molecule is CCS[C@H]1CC(=O)N(c2ccc(F)cc2)C1=O. The standard InChI is InChI=1S/C12H12FNO2S/c1-2-17-10-7-11(15)14(12(10)16)9-5-3-8(13)4-6-9/h3-6,10H,2,7H2,1H3/t10-/m0/s1. The van der Waals surface area contributed by atoms with Gasteiger partial charge in [0.2, 0.25) is 11.8 Å². The van der Waals surface area contributed by atoms with Crippen molar-refractivity contribution in [3.63, 3.8) is 0 Å². The van der Waals surface area contributed by atoms with Crippen molar-refractivity contribution in [2.45, 2.75) is 18.6 Å². The number of thioether (sulfide) groups is 1. The Kier molecular flexibility index (Phi) is 3.47. The molecule has 0 spiro atoms. The molecule has 0 unspecified atom stereocenters. The van der Waals surface area contributed by atoms with Crippen LogP contribution in [0.4, 0.5) is 10.1 Å². The van der Waals surface area contributed by atoms with Crippen LogP contribution in [0.2, 0.25) is 0 Å². The molecule has 1 aliphatic heterocycles. The lowest BCUT2D eigenvalue weighted by Crippen LogP contribution is -2.31. The Labute approximate surface area is 103 Å². The molecule has 3 nitrogen and oxygen atoms in total. The maximum atomic E-state index is 12.8. The van der Waals surface area contributed by atoms with Gasteiger partial charge in [-0.3, -0.25) is 9.59 Å². The second-order valence-electron chi connectivity index (χ2n) is 3.69. The molecular formula is C12H12FNO2S. The van der Waals surface area contributed by atoms with Crippen LogP contribution in [0, 0.1) is 5.82 Å². The van der Waals surface area contributed by atoms with Crippen LogP contribution in [-0.2, 0) is 9.59 Å². The van der Waals surface area contributed by atoms with Gasteiger partial charge in [-0.05, 0) is 30.0 Å². The number of hydrogen-bond donors (Lipinski definition) is 0. The number of imide groups is 1. The number of carbonyl (C=O) groups excluding carboxylic acids is 2. The molecule has 1 fully saturated rings. The highest BCUT2D eigenvalue weighted by atomic mass is 32.2. The van der Waals surface area contributed by atoms with E-state index >= 15 is 0 Å². The first-order valence-corrected chi connectivity index (χ1v) is 6.42. The van der Waals surface area contributed by atoms with Crippen molar-refractivity contribution in [3.05, 3.63) is 30.1 Å². The number of halogens is 1. The summed E-state index contributed by atoms with van der Waals surface area (Å²) in [6, 6.07) is 5.39. The molecule has 2 rings (SSSR count). The normalized spacial score (nSPS) is 20.1. The summed E-state index contributed by atoms with van der Waals surface area (Å²) < 4.78 is 12.8. The third-order valence-corrected chi connectivity index (χ3v) is 3.66. The highest BCUT2D eigenvalue weighted by molar-refractivity contribution is 8.00. The fourth-order valence-corrected chi connectivity index (χ4v) is 2.71. The van der Waals surface area contributed by atoms with Crippen molar-refractivity contribution in [2.75, 3.05) is 10.7 Å². The van der Waals surface area contributed by atoms with Gasteiger partial charge in [0.05, 0.1) is 10.9 Å². The van der Waals surface area contributed by atoms with Gasteiger partial charge >= 0.3 is 0 Å². The predicted molar refractivity (Wildman–Crippen MR) is 65.4 cm³/mol. The first-order valence-electron chi connectivity index (χ1n) is 5.37. The molecule has 0 N–H and O–H groups in total. The molecular weight excluding hydrogens is 241 g/mol. The zero-order chi connectivity index (χ0) is 12.4. The first kappa shape index (κ1) is 12.1. The average Bonchev–Trinajstić information content (AvgIpc) is 2.57. The fourth-order valence-electron chi connectivity index (χ4n) is 1.80. The van der Waals surface area contributed by atoms with Crippen LogP contribution < -0.4 is 4.90 Å². The van der Waals surface area contributed by atoms with Crippen molar-refractivity contribution in [1.29, 1.82) is 0 Å². The van der Waals surface area contributed by atoms with Crippen LogP contribution in [0.25, 0.3) is 0 Å². The lowest BCUT2D eigenvalue weighted by molar-refractivity contribution is -0.121. The van der Waals surface area contributed by atoms with E-state index in [0.717, 1.165) is 10.7 Å². The number of amides is 2. The van der Waals surface area contributed by atoms with E-state index < -0.39 is 0 Å². The first-order chi connectivity index (χ1) is 8.13. The van der Waals surface area contributed by atoms with Crippen LogP contribution in [0.15, 0.2) is 24.3 Å². The summed E-state index contributed by atoms with van der Waals surface area (Å²) in [5, 5.41) is -0.294. The van der Waals surface area contributed by atoms with E-state index in [2.05, 4.69) is 0 Å². The van der Waals surface area contributed by atoms with E-state index in [9.17, 15) is 14.0 Å². The molecule has 17 heavy (non-hydrogen) atoms. The number of hydrogen-bond acceptors (Lipinski definition) is 3. The predicted octanol–water partition coefficient (Wildman–Crippen LogP) is 2.21. The molecule has 2 amide bonds. The van der Waals surface area contributed by atoms with Gasteiger partial charge in [-0.2, -0.15) is 0 Å². The van der Waals surface area contributed by atoms with Gasteiger partial charge in [0.15, 0.2) is 0 Å². The summed E-state index contributed by atoms with van der Waals surface area (Å²) in [6.07, 6.45) is 0.231. The maximum absolute atomic E-state index is 12.8. The summed E-state index contributed by atoms with van der Waals surface area (Å²) in [7, 11) is 0. The molecule has 5 heteroatoms. The van der Waals surface area contributed by atoms with Gasteiger partial charge < -0.3 is 0 Å². The van der Waals surface area contributed by atoms with Gasteiger partial charge in [-0.1, -0.05) is 6.92 Å². The molecule has 1 heterocycles. The highest BCUT2D eigenvalue weighted by Gasteiger charge is 2.39. The quantitative estimate of drug-likeness (QED) is 0.775. The molecule has 0 aliphatic carbocycles. The van der Waals surface area contributed by atoms with Crippen LogP contribution in [0.1, 0.15) is 13.3 Å². The summed E-state index contributed by atoms with van der Waals surface area (Å²) in [5.74, 6) is -0.00523. The summed E-state index contributed by atoms with van der Waals surface area (Å²) in [4.78, 5) is 24.9. The number of carbonyl (C=O) groups is 2. The Balaban J connectivity index is 2.24. The number of benzene rings is 1. The summed E-state index contributed by atoms with van der Waals surface area (Å²) >= 11 is 1.47. The topological polar surface area (TPSA) is 37.4 Å². The number of nitrogens with zero attached hydrogens (tertiary/aromatic N) is 1. The Morgan fingerprint density at radius 3 is 2.59 bits per heavy atom. The minimum absolute atomic E-state index is 0.201. The monoisotopic (exact) mass is 253 g/mol. The van der Waals surface area contributed by atoms with Crippen molar-refractivity contribution >= 4 is 29.3 Å².